The van der Waals surface area contributed by atoms with Gasteiger partial charge in [-0.2, -0.15) is 0 Å². The van der Waals surface area contributed by atoms with Crippen LogP contribution in [0.5, 0.6) is 0 Å². The van der Waals surface area contributed by atoms with E-state index in [0.717, 1.165) is 10.6 Å². The standard InChI is InChI=1S/C25H29N3O3S/c1-16(2)13-21(29)26-19-11-8-12-20(14-19)32-23-22(27-18-9-6-5-7-10-18)24(30)28(25(23)31)15-17(3)4/h5-12,14,16-17,27H,13,15H2,1-4H3,(H,26,29). The lowest BCUT2D eigenvalue weighted by Gasteiger charge is -2.17. The fourth-order valence-electron chi connectivity index (χ4n) is 3.29. The lowest BCUT2D eigenvalue weighted by atomic mass is 10.1. The molecule has 6 nitrogen and oxygen atoms in total. The summed E-state index contributed by atoms with van der Waals surface area (Å²) in [4.78, 5) is 40.8. The molecule has 1 aliphatic rings. The number of nitrogens with zero attached hydrogens (tertiary/aromatic N) is 1. The van der Waals surface area contributed by atoms with Gasteiger partial charge in [0.25, 0.3) is 11.8 Å². The maximum Gasteiger partial charge on any atom is 0.278 e. The summed E-state index contributed by atoms with van der Waals surface area (Å²) in [5.74, 6) is -0.260. The molecular formula is C25H29N3O3S. The second-order valence-corrected chi connectivity index (χ2v) is 9.67. The van der Waals surface area contributed by atoms with E-state index in [2.05, 4.69) is 10.6 Å². The first-order valence-corrected chi connectivity index (χ1v) is 11.6. The molecule has 3 rings (SSSR count). The third kappa shape index (κ3) is 6.01. The summed E-state index contributed by atoms with van der Waals surface area (Å²) >= 11 is 1.23. The zero-order valence-corrected chi connectivity index (χ0v) is 19.7. The quantitative estimate of drug-likeness (QED) is 0.518. The van der Waals surface area contributed by atoms with Crippen LogP contribution in [0.15, 0.2) is 70.1 Å². The Labute approximate surface area is 193 Å². The number of imide groups is 1. The van der Waals surface area contributed by atoms with Crippen LogP contribution in [0.25, 0.3) is 0 Å². The van der Waals surface area contributed by atoms with Gasteiger partial charge in [-0.05, 0) is 42.2 Å². The Morgan fingerprint density at radius 2 is 1.59 bits per heavy atom. The highest BCUT2D eigenvalue weighted by Crippen LogP contribution is 2.37. The van der Waals surface area contributed by atoms with Gasteiger partial charge in [0.15, 0.2) is 0 Å². The van der Waals surface area contributed by atoms with Crippen LogP contribution in [-0.2, 0) is 14.4 Å². The predicted molar refractivity (Wildman–Crippen MR) is 129 cm³/mol. The van der Waals surface area contributed by atoms with Gasteiger partial charge in [0.1, 0.15) is 10.6 Å². The second kappa shape index (κ2) is 10.5. The molecule has 3 amide bonds. The summed E-state index contributed by atoms with van der Waals surface area (Å²) in [6.07, 6.45) is 0.435. The molecule has 32 heavy (non-hydrogen) atoms. The molecule has 168 valence electrons. The predicted octanol–water partition coefficient (Wildman–Crippen LogP) is 5.11. The molecule has 0 spiro atoms. The molecule has 1 heterocycles. The average Bonchev–Trinajstić information content (AvgIpc) is 2.93. The van der Waals surface area contributed by atoms with Crippen LogP contribution in [0.2, 0.25) is 0 Å². The molecule has 2 aromatic rings. The van der Waals surface area contributed by atoms with Gasteiger partial charge in [-0.1, -0.05) is 63.7 Å². The molecule has 2 aromatic carbocycles. The van der Waals surface area contributed by atoms with Crippen molar-refractivity contribution in [1.82, 2.24) is 4.90 Å². The van der Waals surface area contributed by atoms with Gasteiger partial charge in [-0.3, -0.25) is 19.3 Å². The summed E-state index contributed by atoms with van der Waals surface area (Å²) in [6.45, 7) is 8.28. The molecule has 0 bridgehead atoms. The topological polar surface area (TPSA) is 78.5 Å². The molecule has 1 aliphatic heterocycles. The van der Waals surface area contributed by atoms with E-state index >= 15 is 0 Å². The minimum Gasteiger partial charge on any atom is -0.350 e. The highest BCUT2D eigenvalue weighted by Gasteiger charge is 2.39. The Balaban J connectivity index is 1.88. The summed E-state index contributed by atoms with van der Waals surface area (Å²) in [5.41, 5.74) is 1.68. The zero-order valence-electron chi connectivity index (χ0n) is 18.8. The molecule has 0 aromatic heterocycles. The Bertz CT molecular complexity index is 1030. The first-order chi connectivity index (χ1) is 15.2. The van der Waals surface area contributed by atoms with E-state index in [1.165, 1.54) is 16.7 Å². The lowest BCUT2D eigenvalue weighted by molar-refractivity contribution is -0.137. The van der Waals surface area contributed by atoms with Gasteiger partial charge >= 0.3 is 0 Å². The number of carbonyl (C=O) groups excluding carboxylic acids is 3. The Morgan fingerprint density at radius 1 is 0.906 bits per heavy atom. The molecule has 0 atom stereocenters. The number of hydrogen-bond donors (Lipinski definition) is 2. The second-order valence-electron chi connectivity index (χ2n) is 8.59. The smallest absolute Gasteiger partial charge is 0.278 e. The van der Waals surface area contributed by atoms with Crippen LogP contribution in [0.1, 0.15) is 34.1 Å². The minimum absolute atomic E-state index is 0.0528. The van der Waals surface area contributed by atoms with Crippen molar-refractivity contribution in [3.8, 4) is 0 Å². The maximum absolute atomic E-state index is 13.2. The fraction of sp³-hybridized carbons (Fsp3) is 0.320. The summed E-state index contributed by atoms with van der Waals surface area (Å²) in [7, 11) is 0. The normalized spacial score (nSPS) is 14.0. The Morgan fingerprint density at radius 3 is 2.25 bits per heavy atom. The van der Waals surface area contributed by atoms with Crippen molar-refractivity contribution < 1.29 is 14.4 Å². The number of para-hydroxylation sites is 1. The van der Waals surface area contributed by atoms with Gasteiger partial charge in [-0.15, -0.1) is 0 Å². The van der Waals surface area contributed by atoms with Crippen LogP contribution in [0.4, 0.5) is 11.4 Å². The Hall–Kier alpha value is -3.06. The maximum atomic E-state index is 13.2. The summed E-state index contributed by atoms with van der Waals surface area (Å²) in [5, 5.41) is 6.04. The molecule has 2 N–H and O–H groups in total. The van der Waals surface area contributed by atoms with Crippen molar-refractivity contribution in [2.45, 2.75) is 39.0 Å². The third-order valence-corrected chi connectivity index (χ3v) is 5.72. The first kappa shape index (κ1) is 23.6. The first-order valence-electron chi connectivity index (χ1n) is 10.7. The molecule has 0 saturated heterocycles. The van der Waals surface area contributed by atoms with Crippen LogP contribution < -0.4 is 10.6 Å². The number of nitrogens with one attached hydrogen (secondary N) is 2. The summed E-state index contributed by atoms with van der Waals surface area (Å²) < 4.78 is 0. The van der Waals surface area contributed by atoms with Gasteiger partial charge in [0, 0.05) is 29.2 Å². The van der Waals surface area contributed by atoms with E-state index in [-0.39, 0.29) is 35.3 Å². The Kier molecular flexibility index (Phi) is 7.75. The molecule has 0 unspecified atom stereocenters. The van der Waals surface area contributed by atoms with Crippen molar-refractivity contribution in [2.75, 3.05) is 17.2 Å². The number of anilines is 2. The molecule has 0 radical (unpaired) electrons. The number of carbonyl (C=O) groups is 3. The van der Waals surface area contributed by atoms with E-state index in [9.17, 15) is 14.4 Å². The van der Waals surface area contributed by atoms with Crippen molar-refractivity contribution in [1.29, 1.82) is 0 Å². The highest BCUT2D eigenvalue weighted by atomic mass is 32.2. The monoisotopic (exact) mass is 451 g/mol. The zero-order chi connectivity index (χ0) is 23.3. The van der Waals surface area contributed by atoms with E-state index in [4.69, 9.17) is 0 Å². The van der Waals surface area contributed by atoms with Crippen LogP contribution in [0, 0.1) is 11.8 Å². The van der Waals surface area contributed by atoms with Gasteiger partial charge in [-0.25, -0.2) is 0 Å². The van der Waals surface area contributed by atoms with Crippen LogP contribution >= 0.6 is 11.8 Å². The van der Waals surface area contributed by atoms with E-state index in [1.54, 1.807) is 0 Å². The minimum atomic E-state index is -0.323. The number of rotatable bonds is 9. The van der Waals surface area contributed by atoms with Gasteiger partial charge < -0.3 is 10.6 Å². The number of thioether (sulfide) groups is 1. The average molecular weight is 452 g/mol. The van der Waals surface area contributed by atoms with Crippen molar-refractivity contribution in [3.05, 3.63) is 65.2 Å². The number of benzene rings is 2. The molecular weight excluding hydrogens is 422 g/mol. The molecule has 0 fully saturated rings. The molecule has 7 heteroatoms. The van der Waals surface area contributed by atoms with Crippen molar-refractivity contribution >= 4 is 40.9 Å². The molecule has 0 aliphatic carbocycles. The SMILES string of the molecule is CC(C)CC(=O)Nc1cccc(SC2=C(Nc3ccccc3)C(=O)N(CC(C)C)C2=O)c1. The largest absolute Gasteiger partial charge is 0.350 e. The summed E-state index contributed by atoms with van der Waals surface area (Å²) in [6, 6.07) is 16.6. The lowest BCUT2D eigenvalue weighted by Crippen LogP contribution is -2.35. The van der Waals surface area contributed by atoms with Gasteiger partial charge in [0.05, 0.1) is 0 Å². The number of hydrogen-bond acceptors (Lipinski definition) is 5. The van der Waals surface area contributed by atoms with Crippen LogP contribution in [0.3, 0.4) is 0 Å². The molecule has 0 saturated carbocycles. The van der Waals surface area contributed by atoms with Crippen molar-refractivity contribution in [2.24, 2.45) is 11.8 Å². The van der Waals surface area contributed by atoms with E-state index < -0.39 is 0 Å². The van der Waals surface area contributed by atoms with Crippen molar-refractivity contribution in [3.63, 3.8) is 0 Å². The van der Waals surface area contributed by atoms with E-state index in [1.807, 2.05) is 82.3 Å². The van der Waals surface area contributed by atoms with Gasteiger partial charge in [0.2, 0.25) is 5.91 Å². The van der Waals surface area contributed by atoms with E-state index in [0.29, 0.717) is 23.6 Å². The third-order valence-electron chi connectivity index (χ3n) is 4.65. The van der Waals surface area contributed by atoms with Crippen LogP contribution in [-0.4, -0.2) is 29.2 Å². The highest BCUT2D eigenvalue weighted by molar-refractivity contribution is 8.04. The fourth-order valence-corrected chi connectivity index (χ4v) is 4.30. The number of amides is 3.